The molecule has 0 bridgehead atoms. The Kier molecular flexibility index (Phi) is 3.23. The molecule has 12 heavy (non-hydrogen) atoms. The Hall–Kier alpha value is -0.295. The third-order valence-electron chi connectivity index (χ3n) is 1.39. The van der Waals surface area contributed by atoms with Gasteiger partial charge in [-0.25, -0.2) is 0 Å². The number of H-pyrrole nitrogens is 1. The van der Waals surface area contributed by atoms with Gasteiger partial charge in [0.15, 0.2) is 5.67 Å². The maximum absolute atomic E-state index is 10.9. The molecule has 2 aromatic rings. The lowest BCUT2D eigenvalue weighted by Crippen LogP contribution is -1.94. The van der Waals surface area contributed by atoms with Crippen LogP contribution in [0, 0.1) is 0 Å². The zero-order chi connectivity index (χ0) is 9.68. The van der Waals surface area contributed by atoms with E-state index >= 15 is 0 Å². The van der Waals surface area contributed by atoms with E-state index in [2.05, 4.69) is 4.37 Å². The third kappa shape index (κ3) is 1.89. The smallest absolute Gasteiger partial charge is 0.265 e. The fourth-order valence-electron chi connectivity index (χ4n) is 0.900. The van der Waals surface area contributed by atoms with Crippen LogP contribution >= 0.6 is 33.9 Å². The molecular formula is C7H6BINOS. The number of nitrogens with one attached hydrogen (secondary N) is 1. The van der Waals surface area contributed by atoms with Crippen LogP contribution in [0.3, 0.4) is 0 Å². The Morgan fingerprint density at radius 1 is 1.58 bits per heavy atom. The molecule has 0 aliphatic carbocycles. The lowest BCUT2D eigenvalue weighted by atomic mass is 10.3. The highest BCUT2D eigenvalue weighted by molar-refractivity contribution is 14.1. The SMILES string of the molecule is O=c1[nH]sc2ccccc12.[3H][B]I. The van der Waals surface area contributed by atoms with Crippen LogP contribution in [0.25, 0.3) is 10.1 Å². The molecule has 61 valence electrons. The lowest BCUT2D eigenvalue weighted by Gasteiger charge is -1.79. The minimum atomic E-state index is 0.0144. The maximum atomic E-state index is 10.9. The van der Waals surface area contributed by atoms with Crippen molar-refractivity contribution in [3.63, 3.8) is 0 Å². The van der Waals surface area contributed by atoms with Crippen LogP contribution in [0.2, 0.25) is 0 Å². The normalized spacial score (nSPS) is 9.92. The fourth-order valence-corrected chi connectivity index (χ4v) is 1.63. The Labute approximate surface area is 89.8 Å². The quantitative estimate of drug-likeness (QED) is 0.583. The van der Waals surface area contributed by atoms with Crippen LogP contribution in [0.1, 0.15) is 0 Å². The third-order valence-corrected chi connectivity index (χ3v) is 2.25. The van der Waals surface area contributed by atoms with Crippen molar-refractivity contribution < 1.29 is 0 Å². The molecule has 0 aliphatic rings. The molecule has 0 saturated heterocycles. The molecule has 1 heterocycles. The number of aromatic amines is 1. The van der Waals surface area contributed by atoms with Crippen LogP contribution in [-0.4, -0.2) is 11.4 Å². The molecule has 0 aliphatic heterocycles. The minimum absolute atomic E-state index is 0.0144. The average molecular weight is 292 g/mol. The van der Waals surface area contributed by atoms with Gasteiger partial charge in [0.1, 0.15) is 0 Å². The summed E-state index contributed by atoms with van der Waals surface area (Å²) in [5, 5.41) is 0.785. The van der Waals surface area contributed by atoms with E-state index in [0.29, 0.717) is 0 Å². The first kappa shape index (κ1) is 8.31. The first-order valence-electron chi connectivity index (χ1n) is 3.74. The summed E-state index contributed by atoms with van der Waals surface area (Å²) in [5.41, 5.74) is 1.23. The standard InChI is InChI=1S/C7H5NOS.BHI/c9-7-5-3-1-2-4-6(5)10-8-7;1-2/h1-4H,(H,8,9);1H/i;1T. The number of benzene rings is 1. The first-order valence-corrected chi connectivity index (χ1v) is 5.22. The molecule has 1 aromatic carbocycles. The van der Waals surface area contributed by atoms with E-state index < -0.39 is 0 Å². The Morgan fingerprint density at radius 3 is 2.92 bits per heavy atom. The van der Waals surface area contributed by atoms with Crippen molar-refractivity contribution in [1.29, 1.82) is 1.34 Å². The topological polar surface area (TPSA) is 32.9 Å². The second-order valence-corrected chi connectivity index (χ2v) is 2.88. The molecule has 5 heteroatoms. The summed E-state index contributed by atoms with van der Waals surface area (Å²) in [5.74, 6) is 0. The zero-order valence-electron chi connectivity index (χ0n) is 7.08. The monoisotopic (exact) mass is 292 g/mol. The molecular weight excluding hydrogens is 284 g/mol. The van der Waals surface area contributed by atoms with Crippen LogP contribution in [-0.2, 0) is 0 Å². The van der Waals surface area contributed by atoms with Crippen molar-refractivity contribution >= 4 is 49.7 Å². The van der Waals surface area contributed by atoms with E-state index in [0.717, 1.165) is 10.1 Å². The van der Waals surface area contributed by atoms with Gasteiger partial charge in [-0.1, -0.05) is 23.7 Å². The van der Waals surface area contributed by atoms with Crippen molar-refractivity contribution in [2.75, 3.05) is 0 Å². The maximum Gasteiger partial charge on any atom is 0.265 e. The predicted octanol–water partition coefficient (Wildman–Crippen LogP) is 1.83. The molecule has 1 radical (unpaired) electrons. The Bertz CT molecular complexity index is 429. The van der Waals surface area contributed by atoms with Gasteiger partial charge in [-0.2, -0.15) is 22.4 Å². The summed E-state index contributed by atoms with van der Waals surface area (Å²) in [6.07, 6.45) is 0. The molecule has 2 rings (SSSR count). The van der Waals surface area contributed by atoms with Gasteiger partial charge in [0.25, 0.3) is 5.56 Å². The molecule has 1 N–H and O–H groups in total. The van der Waals surface area contributed by atoms with Crippen LogP contribution in [0.15, 0.2) is 29.1 Å². The highest BCUT2D eigenvalue weighted by atomic mass is 127. The van der Waals surface area contributed by atoms with Crippen LogP contribution < -0.4 is 5.56 Å². The molecule has 0 fully saturated rings. The molecule has 0 saturated carbocycles. The van der Waals surface area contributed by atoms with E-state index in [9.17, 15) is 4.79 Å². The minimum Gasteiger partial charge on any atom is -0.277 e. The molecule has 0 atom stereocenters. The summed E-state index contributed by atoms with van der Waals surface area (Å²) in [6.45, 7) is 0. The second-order valence-electron chi connectivity index (χ2n) is 2.03. The number of aromatic nitrogens is 1. The fraction of sp³-hybridized carbons (Fsp3) is 0. The lowest BCUT2D eigenvalue weighted by molar-refractivity contribution is 1.46. The summed E-state index contributed by atoms with van der Waals surface area (Å²) >= 11 is 3.21. The van der Waals surface area contributed by atoms with E-state index in [1.165, 1.54) is 17.2 Å². The van der Waals surface area contributed by atoms with Gasteiger partial charge in [-0.05, 0) is 13.5 Å². The summed E-state index contributed by atoms with van der Waals surface area (Å²) in [6, 6.07) is 7.54. The van der Waals surface area contributed by atoms with E-state index in [1.54, 1.807) is 0 Å². The van der Waals surface area contributed by atoms with Crippen molar-refractivity contribution in [3.8, 4) is 0 Å². The molecule has 1 aromatic heterocycles. The number of hydrogen-bond acceptors (Lipinski definition) is 2. The first-order chi connectivity index (χ1) is 6.29. The van der Waals surface area contributed by atoms with Crippen molar-refractivity contribution in [2.24, 2.45) is 0 Å². The summed E-state index contributed by atoms with van der Waals surface area (Å²) in [7, 11) is 0. The van der Waals surface area contributed by atoms with E-state index in [4.69, 9.17) is 1.34 Å². The molecule has 0 unspecified atom stereocenters. The zero-order valence-corrected chi connectivity index (χ0v) is 9.06. The number of hydrogen-bond donors (Lipinski definition) is 1. The Morgan fingerprint density at radius 2 is 2.25 bits per heavy atom. The summed E-state index contributed by atoms with van der Waals surface area (Å²) < 4.78 is 9.75. The van der Waals surface area contributed by atoms with Crippen LogP contribution in [0.4, 0.5) is 0 Å². The largest absolute Gasteiger partial charge is 0.277 e. The molecule has 0 spiro atoms. The van der Waals surface area contributed by atoms with Gasteiger partial charge in [0, 0.05) is 0 Å². The average Bonchev–Trinajstić information content (AvgIpc) is 2.50. The van der Waals surface area contributed by atoms with Crippen molar-refractivity contribution in [2.45, 2.75) is 0 Å². The van der Waals surface area contributed by atoms with Crippen molar-refractivity contribution in [1.82, 2.24) is 4.37 Å². The molecule has 0 amide bonds. The van der Waals surface area contributed by atoms with Crippen molar-refractivity contribution in [3.05, 3.63) is 34.6 Å². The van der Waals surface area contributed by atoms with E-state index in [1.807, 2.05) is 46.6 Å². The van der Waals surface area contributed by atoms with Gasteiger partial charge < -0.3 is 0 Å². The van der Waals surface area contributed by atoms with E-state index in [-0.39, 0.29) is 5.56 Å². The van der Waals surface area contributed by atoms with Gasteiger partial charge in [-0.3, -0.25) is 9.17 Å². The Balaban J connectivity index is 0.000000251. The number of rotatable bonds is 0. The van der Waals surface area contributed by atoms with Gasteiger partial charge in [-0.15, -0.1) is 0 Å². The highest BCUT2D eigenvalue weighted by Crippen LogP contribution is 2.11. The highest BCUT2D eigenvalue weighted by Gasteiger charge is 1.96. The van der Waals surface area contributed by atoms with Gasteiger partial charge in [0.05, 0.1) is 10.1 Å². The number of fused-ring (bicyclic) bond motifs is 1. The van der Waals surface area contributed by atoms with Gasteiger partial charge >= 0.3 is 0 Å². The summed E-state index contributed by atoms with van der Waals surface area (Å²) in [4.78, 5) is 10.9. The second kappa shape index (κ2) is 4.66. The molecule has 2 nitrogen and oxygen atoms in total. The predicted molar refractivity (Wildman–Crippen MR) is 63.6 cm³/mol. The number of halogens is 1. The van der Waals surface area contributed by atoms with Gasteiger partial charge in [0.2, 0.25) is 0 Å². The van der Waals surface area contributed by atoms with Crippen LogP contribution in [0.5, 0.6) is 0 Å².